The van der Waals surface area contributed by atoms with Crippen molar-refractivity contribution >= 4 is 31.7 Å². The number of carbonyl (C=O) groups is 1. The van der Waals surface area contributed by atoms with Crippen molar-refractivity contribution in [2.24, 2.45) is 0 Å². The van der Waals surface area contributed by atoms with Crippen LogP contribution in [0.2, 0.25) is 0 Å². The maximum atomic E-state index is 12.5. The van der Waals surface area contributed by atoms with Crippen molar-refractivity contribution < 1.29 is 17.9 Å². The van der Waals surface area contributed by atoms with E-state index in [-0.39, 0.29) is 9.80 Å². The van der Waals surface area contributed by atoms with Crippen LogP contribution in [-0.2, 0) is 19.4 Å². The van der Waals surface area contributed by atoms with E-state index >= 15 is 0 Å². The van der Waals surface area contributed by atoms with Crippen molar-refractivity contribution in [2.45, 2.75) is 38.2 Å². The summed E-state index contributed by atoms with van der Waals surface area (Å²) in [5.74, 6) is -0.440. The molecule has 20 heavy (non-hydrogen) atoms. The molecular formula is C14H17BrO4S. The van der Waals surface area contributed by atoms with Crippen LogP contribution in [0.25, 0.3) is 0 Å². The number of halogens is 1. The summed E-state index contributed by atoms with van der Waals surface area (Å²) in [5.41, 5.74) is 0. The summed E-state index contributed by atoms with van der Waals surface area (Å²) in [6.07, 6.45) is 1.23. The van der Waals surface area contributed by atoms with Gasteiger partial charge in [-0.3, -0.25) is 4.79 Å². The van der Waals surface area contributed by atoms with Gasteiger partial charge in [-0.05, 0) is 43.7 Å². The van der Waals surface area contributed by atoms with Gasteiger partial charge in [0.15, 0.2) is 0 Å². The van der Waals surface area contributed by atoms with E-state index in [1.165, 1.54) is 13.0 Å². The highest BCUT2D eigenvalue weighted by atomic mass is 79.9. The second kappa shape index (κ2) is 7.04. The van der Waals surface area contributed by atoms with Gasteiger partial charge in [-0.25, -0.2) is 8.42 Å². The van der Waals surface area contributed by atoms with Gasteiger partial charge in [-0.1, -0.05) is 22.9 Å². The Morgan fingerprint density at radius 1 is 1.35 bits per heavy atom. The fourth-order valence-corrected chi connectivity index (χ4v) is 3.53. The van der Waals surface area contributed by atoms with Gasteiger partial charge < -0.3 is 4.74 Å². The monoisotopic (exact) mass is 360 g/mol. The number of esters is 1. The lowest BCUT2D eigenvalue weighted by atomic mass is 10.3. The highest BCUT2D eigenvalue weighted by molar-refractivity contribution is 9.10. The Bertz CT molecular complexity index is 603. The molecule has 0 unspecified atom stereocenters. The quantitative estimate of drug-likeness (QED) is 0.754. The average Bonchev–Trinajstić information content (AvgIpc) is 2.35. The Kier molecular flexibility index (Phi) is 5.95. The molecule has 0 aliphatic carbocycles. The maximum absolute atomic E-state index is 12.5. The largest absolute Gasteiger partial charge is 0.459 e. The first-order valence-electron chi connectivity index (χ1n) is 6.16. The summed E-state index contributed by atoms with van der Waals surface area (Å²) in [4.78, 5) is 11.3. The minimum absolute atomic E-state index is 0.226. The predicted molar refractivity (Wildman–Crippen MR) is 80.9 cm³/mol. The predicted octanol–water partition coefficient (Wildman–Crippen LogP) is 3.47. The van der Waals surface area contributed by atoms with Gasteiger partial charge in [0.05, 0.1) is 4.90 Å². The van der Waals surface area contributed by atoms with E-state index in [1.54, 1.807) is 38.1 Å². The number of rotatable bonds is 5. The van der Waals surface area contributed by atoms with Crippen LogP contribution in [0.15, 0.2) is 44.6 Å². The summed E-state index contributed by atoms with van der Waals surface area (Å²) in [6.45, 7) is 4.68. The smallest absolute Gasteiger partial charge is 0.303 e. The lowest BCUT2D eigenvalue weighted by Gasteiger charge is -2.11. The number of carbonyl (C=O) groups excluding carboxylic acids is 1. The second-order valence-electron chi connectivity index (χ2n) is 4.26. The topological polar surface area (TPSA) is 60.4 Å². The number of sulfone groups is 1. The zero-order valence-electron chi connectivity index (χ0n) is 11.6. The number of benzene rings is 1. The molecule has 4 nitrogen and oxygen atoms in total. The third-order valence-corrected chi connectivity index (χ3v) is 5.13. The number of allylic oxidation sites excluding steroid dienone is 1. The summed E-state index contributed by atoms with van der Waals surface area (Å²) in [5, 5.41) is 0. The van der Waals surface area contributed by atoms with Crippen LogP contribution in [0.3, 0.4) is 0 Å². The van der Waals surface area contributed by atoms with E-state index in [1.807, 2.05) is 0 Å². The molecule has 0 aromatic heterocycles. The molecule has 1 atom stereocenters. The first-order chi connectivity index (χ1) is 9.27. The lowest BCUT2D eigenvalue weighted by molar-refractivity contribution is -0.143. The molecule has 0 aliphatic heterocycles. The molecule has 1 aromatic carbocycles. The van der Waals surface area contributed by atoms with Crippen LogP contribution in [0.5, 0.6) is 0 Å². The molecule has 0 N–H and O–H groups in total. The maximum Gasteiger partial charge on any atom is 0.303 e. The first kappa shape index (κ1) is 16.9. The zero-order chi connectivity index (χ0) is 15.3. The summed E-state index contributed by atoms with van der Waals surface area (Å²) < 4.78 is 30.7. The Morgan fingerprint density at radius 3 is 2.35 bits per heavy atom. The highest BCUT2D eigenvalue weighted by Gasteiger charge is 2.20. The molecule has 6 heteroatoms. The molecule has 0 saturated heterocycles. The van der Waals surface area contributed by atoms with E-state index in [9.17, 15) is 13.2 Å². The first-order valence-corrected chi connectivity index (χ1v) is 8.43. The van der Waals surface area contributed by atoms with Crippen LogP contribution in [-0.4, -0.2) is 20.5 Å². The van der Waals surface area contributed by atoms with Gasteiger partial charge in [0, 0.05) is 16.3 Å². The van der Waals surface area contributed by atoms with Gasteiger partial charge in [0.25, 0.3) is 0 Å². The summed E-state index contributed by atoms with van der Waals surface area (Å²) in [6, 6.07) is 6.43. The van der Waals surface area contributed by atoms with Crippen molar-refractivity contribution in [3.8, 4) is 0 Å². The molecule has 0 bridgehead atoms. The Balaban J connectivity index is 3.12. The summed E-state index contributed by atoms with van der Waals surface area (Å²) >= 11 is 3.27. The molecule has 0 aliphatic rings. The highest BCUT2D eigenvalue weighted by Crippen LogP contribution is 2.24. The van der Waals surface area contributed by atoms with Gasteiger partial charge >= 0.3 is 5.97 Å². The van der Waals surface area contributed by atoms with Crippen molar-refractivity contribution in [2.75, 3.05) is 0 Å². The van der Waals surface area contributed by atoms with E-state index in [0.29, 0.717) is 6.42 Å². The number of hydrogen-bond donors (Lipinski definition) is 0. The third kappa shape index (κ3) is 4.45. The molecule has 0 amide bonds. The SMILES string of the molecule is CC/C(=C/[C@H](C)OC(C)=O)S(=O)(=O)c1ccc(Br)cc1. The fourth-order valence-electron chi connectivity index (χ4n) is 1.72. The molecule has 0 fully saturated rings. The van der Waals surface area contributed by atoms with Gasteiger partial charge in [0.1, 0.15) is 6.10 Å². The summed E-state index contributed by atoms with van der Waals surface area (Å²) in [7, 11) is -3.55. The number of ether oxygens (including phenoxy) is 1. The molecule has 110 valence electrons. The van der Waals surface area contributed by atoms with Gasteiger partial charge in [0.2, 0.25) is 9.84 Å². The van der Waals surface area contributed by atoms with Crippen molar-refractivity contribution in [3.63, 3.8) is 0 Å². The Morgan fingerprint density at radius 2 is 1.90 bits per heavy atom. The number of hydrogen-bond acceptors (Lipinski definition) is 4. The lowest BCUT2D eigenvalue weighted by Crippen LogP contribution is -2.13. The molecule has 1 rings (SSSR count). The molecular weight excluding hydrogens is 344 g/mol. The van der Waals surface area contributed by atoms with Crippen LogP contribution >= 0.6 is 15.9 Å². The van der Waals surface area contributed by atoms with Crippen LogP contribution in [0.1, 0.15) is 27.2 Å². The van der Waals surface area contributed by atoms with Gasteiger partial charge in [-0.2, -0.15) is 0 Å². The normalized spacial score (nSPS) is 13.9. The van der Waals surface area contributed by atoms with Crippen molar-refractivity contribution in [1.29, 1.82) is 0 Å². The Labute approximate surface area is 127 Å². The zero-order valence-corrected chi connectivity index (χ0v) is 14.0. The minimum Gasteiger partial charge on any atom is -0.459 e. The average molecular weight is 361 g/mol. The van der Waals surface area contributed by atoms with Crippen LogP contribution < -0.4 is 0 Å². The minimum atomic E-state index is -3.55. The van der Waals surface area contributed by atoms with E-state index in [4.69, 9.17) is 4.74 Å². The van der Waals surface area contributed by atoms with Crippen LogP contribution in [0, 0.1) is 0 Å². The third-order valence-electron chi connectivity index (χ3n) is 2.59. The van der Waals surface area contributed by atoms with Crippen LogP contribution in [0.4, 0.5) is 0 Å². The standard InChI is InChI=1S/C14H17BrO4S/c1-4-13(9-10(2)19-11(3)16)20(17,18)14-7-5-12(15)6-8-14/h5-10H,4H2,1-3H3/b13-9-/t10-/m0/s1. The van der Waals surface area contributed by atoms with Crippen molar-refractivity contribution in [3.05, 3.63) is 39.7 Å². The molecule has 0 radical (unpaired) electrons. The second-order valence-corrected chi connectivity index (χ2v) is 7.18. The molecule has 1 aromatic rings. The molecule has 0 heterocycles. The van der Waals surface area contributed by atoms with E-state index < -0.39 is 21.9 Å². The van der Waals surface area contributed by atoms with E-state index in [2.05, 4.69) is 15.9 Å². The van der Waals surface area contributed by atoms with Crippen molar-refractivity contribution in [1.82, 2.24) is 0 Å². The molecule has 0 saturated carbocycles. The molecule has 0 spiro atoms. The fraction of sp³-hybridized carbons (Fsp3) is 0.357. The van der Waals surface area contributed by atoms with E-state index in [0.717, 1.165) is 4.47 Å². The van der Waals surface area contributed by atoms with Gasteiger partial charge in [-0.15, -0.1) is 0 Å². The Hall–Kier alpha value is -1.14.